The number of anilines is 2. The van der Waals surface area contributed by atoms with Crippen LogP contribution in [-0.4, -0.2) is 47.1 Å². The van der Waals surface area contributed by atoms with Crippen molar-refractivity contribution in [1.29, 1.82) is 0 Å². The fourth-order valence-electron chi connectivity index (χ4n) is 1.94. The van der Waals surface area contributed by atoms with E-state index in [0.29, 0.717) is 16.8 Å². The largest absolute Gasteiger partial charge is 0.365 e. The number of nitrogens with one attached hydrogen (secondary N) is 2. The van der Waals surface area contributed by atoms with Crippen molar-refractivity contribution >= 4 is 23.4 Å². The summed E-state index contributed by atoms with van der Waals surface area (Å²) >= 11 is 6.15. The molecule has 0 fully saturated rings. The number of hydrogen-bond donors (Lipinski definition) is 2. The van der Waals surface area contributed by atoms with E-state index in [1.54, 1.807) is 6.20 Å². The normalized spacial score (nSPS) is 12.5. The molecule has 1 rings (SSSR count). The second-order valence-corrected chi connectivity index (χ2v) is 5.26. The average Bonchev–Trinajstić information content (AvgIpc) is 2.45. The van der Waals surface area contributed by atoms with Gasteiger partial charge in [-0.3, -0.25) is 0 Å². The van der Waals surface area contributed by atoms with Gasteiger partial charge in [-0.05, 0) is 26.4 Å². The summed E-state index contributed by atoms with van der Waals surface area (Å²) in [6.45, 7) is 12.5. The minimum atomic E-state index is 0.279. The van der Waals surface area contributed by atoms with Crippen LogP contribution in [-0.2, 0) is 0 Å². The van der Waals surface area contributed by atoms with Gasteiger partial charge in [0.1, 0.15) is 5.02 Å². The molecule has 0 aliphatic carbocycles. The molecule has 0 saturated heterocycles. The first-order chi connectivity index (χ1) is 9.60. The lowest BCUT2D eigenvalue weighted by Crippen LogP contribution is -2.35. The van der Waals surface area contributed by atoms with Gasteiger partial charge in [0.25, 0.3) is 0 Å². The van der Waals surface area contributed by atoms with Crippen LogP contribution in [0.2, 0.25) is 5.02 Å². The summed E-state index contributed by atoms with van der Waals surface area (Å²) in [5, 5.41) is 7.08. The molecule has 1 aromatic rings. The Hall–Kier alpha value is -1.07. The molecule has 0 amide bonds. The standard InChI is InChI=1S/C14H26ClN5/c1-5-8-16-14-17-9-12(15)13(19-14)18-11(4)10-20(6-2)7-3/h9,11H,5-8,10H2,1-4H3,(H2,16,17,18,19). The molecule has 0 saturated carbocycles. The van der Waals surface area contributed by atoms with Crippen LogP contribution in [0.1, 0.15) is 34.1 Å². The van der Waals surface area contributed by atoms with E-state index in [9.17, 15) is 0 Å². The lowest BCUT2D eigenvalue weighted by Gasteiger charge is -2.24. The van der Waals surface area contributed by atoms with E-state index in [1.807, 2.05) is 0 Å². The van der Waals surface area contributed by atoms with E-state index in [1.165, 1.54) is 0 Å². The summed E-state index contributed by atoms with van der Waals surface area (Å²) in [6.07, 6.45) is 2.67. The van der Waals surface area contributed by atoms with E-state index in [4.69, 9.17) is 11.6 Å². The fraction of sp³-hybridized carbons (Fsp3) is 0.714. The van der Waals surface area contributed by atoms with Crippen molar-refractivity contribution in [1.82, 2.24) is 14.9 Å². The highest BCUT2D eigenvalue weighted by atomic mass is 35.5. The van der Waals surface area contributed by atoms with Crippen LogP contribution in [0, 0.1) is 0 Å². The zero-order valence-electron chi connectivity index (χ0n) is 12.9. The number of nitrogens with zero attached hydrogens (tertiary/aromatic N) is 3. The molecule has 0 aliphatic heterocycles. The molecule has 5 nitrogen and oxygen atoms in total. The number of halogens is 1. The maximum absolute atomic E-state index is 6.15. The second-order valence-electron chi connectivity index (χ2n) is 4.85. The molecule has 0 aromatic carbocycles. The molecular weight excluding hydrogens is 274 g/mol. The zero-order chi connectivity index (χ0) is 15.0. The van der Waals surface area contributed by atoms with Crippen molar-refractivity contribution in [2.75, 3.05) is 36.8 Å². The summed E-state index contributed by atoms with van der Waals surface area (Å²) in [7, 11) is 0. The molecule has 20 heavy (non-hydrogen) atoms. The first-order valence-electron chi connectivity index (χ1n) is 7.35. The average molecular weight is 300 g/mol. The van der Waals surface area contributed by atoms with Crippen LogP contribution in [0.3, 0.4) is 0 Å². The third-order valence-electron chi connectivity index (χ3n) is 3.09. The third kappa shape index (κ3) is 5.51. The Balaban J connectivity index is 2.65. The van der Waals surface area contributed by atoms with Crippen molar-refractivity contribution in [2.24, 2.45) is 0 Å². The van der Waals surface area contributed by atoms with Crippen LogP contribution in [0.15, 0.2) is 6.20 Å². The summed E-state index contributed by atoms with van der Waals surface area (Å²) in [5.41, 5.74) is 0. The van der Waals surface area contributed by atoms with E-state index in [-0.39, 0.29) is 6.04 Å². The SMILES string of the molecule is CCCNc1ncc(Cl)c(NC(C)CN(CC)CC)n1. The topological polar surface area (TPSA) is 53.1 Å². The number of likely N-dealkylation sites (N-methyl/N-ethyl adjacent to an activating group) is 1. The summed E-state index contributed by atoms with van der Waals surface area (Å²) in [4.78, 5) is 11.0. The molecule has 1 unspecified atom stereocenters. The summed E-state index contributed by atoms with van der Waals surface area (Å²) < 4.78 is 0. The minimum absolute atomic E-state index is 0.279. The summed E-state index contributed by atoms with van der Waals surface area (Å²) in [5.74, 6) is 1.31. The van der Waals surface area contributed by atoms with Gasteiger partial charge >= 0.3 is 0 Å². The Morgan fingerprint density at radius 1 is 1.30 bits per heavy atom. The van der Waals surface area contributed by atoms with Crippen LogP contribution in [0.5, 0.6) is 0 Å². The molecule has 1 aromatic heterocycles. The maximum atomic E-state index is 6.15. The molecule has 2 N–H and O–H groups in total. The van der Waals surface area contributed by atoms with Crippen LogP contribution >= 0.6 is 11.6 Å². The number of aromatic nitrogens is 2. The minimum Gasteiger partial charge on any atom is -0.365 e. The van der Waals surface area contributed by atoms with E-state index in [2.05, 4.69) is 53.2 Å². The molecule has 0 radical (unpaired) electrons. The Morgan fingerprint density at radius 3 is 2.60 bits per heavy atom. The Bertz CT molecular complexity index is 395. The van der Waals surface area contributed by atoms with Crippen molar-refractivity contribution < 1.29 is 0 Å². The molecule has 0 bridgehead atoms. The first kappa shape index (κ1) is 17.0. The van der Waals surface area contributed by atoms with Crippen molar-refractivity contribution in [3.8, 4) is 0 Å². The van der Waals surface area contributed by atoms with E-state index < -0.39 is 0 Å². The lowest BCUT2D eigenvalue weighted by atomic mass is 10.3. The number of rotatable bonds is 9. The van der Waals surface area contributed by atoms with Gasteiger partial charge in [-0.2, -0.15) is 4.98 Å². The van der Waals surface area contributed by atoms with Gasteiger partial charge in [0.05, 0.1) is 6.20 Å². The highest BCUT2D eigenvalue weighted by Crippen LogP contribution is 2.20. The highest BCUT2D eigenvalue weighted by Gasteiger charge is 2.11. The van der Waals surface area contributed by atoms with Gasteiger partial charge in [0.2, 0.25) is 5.95 Å². The van der Waals surface area contributed by atoms with Crippen LogP contribution < -0.4 is 10.6 Å². The molecule has 1 atom stereocenters. The Labute approximate surface area is 127 Å². The number of hydrogen-bond acceptors (Lipinski definition) is 5. The van der Waals surface area contributed by atoms with Gasteiger partial charge in [0, 0.05) is 19.1 Å². The fourth-order valence-corrected chi connectivity index (χ4v) is 2.08. The predicted octanol–water partition coefficient (Wildman–Crippen LogP) is 3.09. The van der Waals surface area contributed by atoms with Crippen molar-refractivity contribution in [2.45, 2.75) is 40.2 Å². The first-order valence-corrected chi connectivity index (χ1v) is 7.73. The Morgan fingerprint density at radius 2 is 2.00 bits per heavy atom. The monoisotopic (exact) mass is 299 g/mol. The van der Waals surface area contributed by atoms with Gasteiger partial charge < -0.3 is 15.5 Å². The molecule has 0 spiro atoms. The zero-order valence-corrected chi connectivity index (χ0v) is 13.7. The van der Waals surface area contributed by atoms with Gasteiger partial charge in [-0.25, -0.2) is 4.98 Å². The van der Waals surface area contributed by atoms with Gasteiger partial charge in [0.15, 0.2) is 5.82 Å². The van der Waals surface area contributed by atoms with Crippen molar-refractivity contribution in [3.63, 3.8) is 0 Å². The van der Waals surface area contributed by atoms with Crippen LogP contribution in [0.25, 0.3) is 0 Å². The Kier molecular flexibility index (Phi) is 7.62. The second kappa shape index (κ2) is 8.97. The smallest absolute Gasteiger partial charge is 0.224 e. The van der Waals surface area contributed by atoms with Gasteiger partial charge in [-0.1, -0.05) is 32.4 Å². The van der Waals surface area contributed by atoms with E-state index >= 15 is 0 Å². The van der Waals surface area contributed by atoms with Gasteiger partial charge in [-0.15, -0.1) is 0 Å². The molecule has 114 valence electrons. The molecular formula is C14H26ClN5. The highest BCUT2D eigenvalue weighted by molar-refractivity contribution is 6.32. The quantitative estimate of drug-likeness (QED) is 0.734. The lowest BCUT2D eigenvalue weighted by molar-refractivity contribution is 0.294. The molecule has 0 aliphatic rings. The molecule has 6 heteroatoms. The summed E-state index contributed by atoms with van der Waals surface area (Å²) in [6, 6.07) is 0.279. The predicted molar refractivity (Wildman–Crippen MR) is 86.7 cm³/mol. The maximum Gasteiger partial charge on any atom is 0.224 e. The van der Waals surface area contributed by atoms with Crippen molar-refractivity contribution in [3.05, 3.63) is 11.2 Å². The third-order valence-corrected chi connectivity index (χ3v) is 3.36. The molecule has 1 heterocycles. The van der Waals surface area contributed by atoms with Crippen LogP contribution in [0.4, 0.5) is 11.8 Å². The van der Waals surface area contributed by atoms with E-state index in [0.717, 1.165) is 32.6 Å².